The lowest BCUT2D eigenvalue weighted by atomic mass is 9.94. The number of rotatable bonds is 7. The van der Waals surface area contributed by atoms with Crippen LogP contribution in [0.5, 0.6) is 0 Å². The molecule has 10 nitrogen and oxygen atoms in total. The maximum Gasteiger partial charge on any atom is 0.408 e. The van der Waals surface area contributed by atoms with Crippen LogP contribution in [0.4, 0.5) is 4.79 Å². The van der Waals surface area contributed by atoms with Crippen LogP contribution in [0.15, 0.2) is 42.5 Å². The number of carbonyl (C=O) groups excluding carboxylic acids is 4. The molecule has 10 heteroatoms. The Morgan fingerprint density at radius 3 is 2.56 bits per heavy atom. The molecule has 1 aromatic carbocycles. The number of hydrogen-bond donors (Lipinski definition) is 3. The molecule has 2 aliphatic heterocycles. The van der Waals surface area contributed by atoms with Gasteiger partial charge in [0, 0.05) is 13.0 Å². The van der Waals surface area contributed by atoms with Gasteiger partial charge in [-0.2, -0.15) is 0 Å². The van der Waals surface area contributed by atoms with Crippen molar-refractivity contribution < 1.29 is 33.8 Å². The van der Waals surface area contributed by atoms with Crippen molar-refractivity contribution in [2.75, 3.05) is 19.8 Å². The number of aliphatic hydroxyl groups is 1. The van der Waals surface area contributed by atoms with Gasteiger partial charge in [-0.3, -0.25) is 9.59 Å². The maximum atomic E-state index is 13.5. The van der Waals surface area contributed by atoms with E-state index < -0.39 is 29.6 Å². The van der Waals surface area contributed by atoms with Crippen LogP contribution in [-0.2, 0) is 30.5 Å². The molecule has 1 aliphatic carbocycles. The first-order valence-corrected chi connectivity index (χ1v) is 13.9. The number of hydrogen-bond acceptors (Lipinski definition) is 7. The van der Waals surface area contributed by atoms with Crippen LogP contribution in [0.2, 0.25) is 0 Å². The Bertz CT molecular complexity index is 1040. The molecular weight excluding hydrogens is 502 g/mol. The van der Waals surface area contributed by atoms with Gasteiger partial charge in [-0.05, 0) is 44.1 Å². The molecule has 2 heterocycles. The van der Waals surface area contributed by atoms with Gasteiger partial charge in [0.25, 0.3) is 0 Å². The summed E-state index contributed by atoms with van der Waals surface area (Å²) in [5.74, 6) is -1.53. The predicted molar refractivity (Wildman–Crippen MR) is 142 cm³/mol. The summed E-state index contributed by atoms with van der Waals surface area (Å²) in [7, 11) is 0. The molecule has 3 atom stereocenters. The van der Waals surface area contributed by atoms with E-state index in [1.54, 1.807) is 17.1 Å². The lowest BCUT2D eigenvalue weighted by Gasteiger charge is -2.31. The summed E-state index contributed by atoms with van der Waals surface area (Å²) >= 11 is 0. The Kier molecular flexibility index (Phi) is 9.97. The molecule has 3 amide bonds. The molecule has 0 spiro atoms. The van der Waals surface area contributed by atoms with Crippen LogP contribution in [0.3, 0.4) is 0 Å². The predicted octanol–water partition coefficient (Wildman–Crippen LogP) is 2.59. The van der Waals surface area contributed by atoms with Crippen LogP contribution in [0, 0.1) is 5.92 Å². The molecule has 0 unspecified atom stereocenters. The van der Waals surface area contributed by atoms with Gasteiger partial charge in [0.2, 0.25) is 11.8 Å². The van der Waals surface area contributed by atoms with Crippen molar-refractivity contribution in [1.29, 1.82) is 0 Å². The van der Waals surface area contributed by atoms with Gasteiger partial charge in [0.05, 0.1) is 24.1 Å². The fourth-order valence-corrected chi connectivity index (χ4v) is 5.64. The largest absolute Gasteiger partial charge is 0.462 e. The molecule has 0 radical (unpaired) electrons. The monoisotopic (exact) mass is 541 g/mol. The lowest BCUT2D eigenvalue weighted by molar-refractivity contribution is -0.150. The number of nitrogens with zero attached hydrogens (tertiary/aromatic N) is 1. The SMILES string of the molecule is O=C(C[C@H]1CC=CC[C@@H](NC(=O)OCc2ccccc2)C(=O)OC[C@@H]2CCCN2C1=O)NC1(CO)CCCC1. The summed E-state index contributed by atoms with van der Waals surface area (Å²) < 4.78 is 10.8. The number of esters is 1. The Morgan fingerprint density at radius 1 is 1.08 bits per heavy atom. The Labute approximate surface area is 229 Å². The third-order valence-corrected chi connectivity index (χ3v) is 7.88. The standard InChI is InChI=1S/C29H39N3O7/c33-20-29(14-6-7-15-29)31-25(34)17-22-11-4-5-13-24(30-28(37)39-18-21-9-2-1-3-10-21)27(36)38-19-23-12-8-16-32(23)26(22)35/h1-5,9-10,22-24,33H,6-8,11-20H2,(H,30,37)(H,31,34)/t22-,23+,24-/m1/s1. The fourth-order valence-electron chi connectivity index (χ4n) is 5.64. The van der Waals surface area contributed by atoms with Crippen molar-refractivity contribution in [3.8, 4) is 0 Å². The zero-order valence-electron chi connectivity index (χ0n) is 22.3. The van der Waals surface area contributed by atoms with E-state index in [1.165, 1.54) is 0 Å². The molecule has 4 rings (SSSR count). The quantitative estimate of drug-likeness (QED) is 0.357. The summed E-state index contributed by atoms with van der Waals surface area (Å²) in [5.41, 5.74) is 0.229. The highest BCUT2D eigenvalue weighted by atomic mass is 16.6. The van der Waals surface area contributed by atoms with E-state index in [0.29, 0.717) is 19.4 Å². The number of allylic oxidation sites excluding steroid dienone is 1. The Balaban J connectivity index is 1.41. The number of carbonyl (C=O) groups is 4. The highest BCUT2D eigenvalue weighted by Crippen LogP contribution is 2.30. The van der Waals surface area contributed by atoms with Gasteiger partial charge in [0.1, 0.15) is 19.3 Å². The summed E-state index contributed by atoms with van der Waals surface area (Å²) in [6.45, 7) is 0.527. The van der Waals surface area contributed by atoms with Crippen LogP contribution in [0.25, 0.3) is 0 Å². The second-order valence-electron chi connectivity index (χ2n) is 10.8. The summed E-state index contributed by atoms with van der Waals surface area (Å²) in [6.07, 6.45) is 8.11. The van der Waals surface area contributed by atoms with Gasteiger partial charge >= 0.3 is 12.1 Å². The first kappa shape index (κ1) is 28.6. The molecule has 0 bridgehead atoms. The second-order valence-corrected chi connectivity index (χ2v) is 10.8. The maximum absolute atomic E-state index is 13.5. The lowest BCUT2D eigenvalue weighted by Crippen LogP contribution is -2.50. The van der Waals surface area contributed by atoms with Crippen molar-refractivity contribution in [1.82, 2.24) is 15.5 Å². The van der Waals surface area contributed by atoms with E-state index in [2.05, 4.69) is 10.6 Å². The average Bonchev–Trinajstić information content (AvgIpc) is 3.61. The molecule has 2 fully saturated rings. The van der Waals surface area contributed by atoms with Crippen molar-refractivity contribution >= 4 is 23.9 Å². The number of amides is 3. The number of ether oxygens (including phenoxy) is 2. The second kappa shape index (κ2) is 13.6. The summed E-state index contributed by atoms with van der Waals surface area (Å²) in [6, 6.07) is 8.01. The van der Waals surface area contributed by atoms with Crippen molar-refractivity contribution in [2.24, 2.45) is 5.92 Å². The van der Waals surface area contributed by atoms with Gasteiger partial charge in [-0.15, -0.1) is 0 Å². The normalized spacial score (nSPS) is 25.2. The van der Waals surface area contributed by atoms with Gasteiger partial charge in [-0.1, -0.05) is 55.3 Å². The number of fused-ring (bicyclic) bond motifs is 1. The van der Waals surface area contributed by atoms with E-state index in [-0.39, 0.29) is 50.5 Å². The number of cyclic esters (lactones) is 1. The van der Waals surface area contributed by atoms with Crippen molar-refractivity contribution in [2.45, 2.75) is 82.0 Å². The van der Waals surface area contributed by atoms with Crippen molar-refractivity contribution in [3.05, 3.63) is 48.0 Å². The molecule has 39 heavy (non-hydrogen) atoms. The summed E-state index contributed by atoms with van der Waals surface area (Å²) in [5, 5.41) is 15.5. The average molecular weight is 542 g/mol. The summed E-state index contributed by atoms with van der Waals surface area (Å²) in [4.78, 5) is 53.4. The smallest absolute Gasteiger partial charge is 0.408 e. The number of alkyl carbamates (subject to hydrolysis) is 1. The molecule has 3 aliphatic rings. The zero-order valence-corrected chi connectivity index (χ0v) is 22.3. The van der Waals surface area contributed by atoms with E-state index in [9.17, 15) is 24.3 Å². The number of nitrogens with one attached hydrogen (secondary N) is 2. The minimum Gasteiger partial charge on any atom is -0.462 e. The third kappa shape index (κ3) is 7.81. The first-order valence-electron chi connectivity index (χ1n) is 13.9. The van der Waals surface area contributed by atoms with Crippen LogP contribution in [-0.4, -0.2) is 71.3 Å². The van der Waals surface area contributed by atoms with E-state index in [1.807, 2.05) is 30.3 Å². The highest BCUT2D eigenvalue weighted by molar-refractivity contribution is 5.87. The molecule has 1 saturated carbocycles. The zero-order chi connectivity index (χ0) is 27.7. The van der Waals surface area contributed by atoms with Gasteiger partial charge in [-0.25, -0.2) is 9.59 Å². The van der Waals surface area contributed by atoms with E-state index >= 15 is 0 Å². The van der Waals surface area contributed by atoms with Crippen LogP contribution >= 0.6 is 0 Å². The minimum atomic E-state index is -0.942. The fraction of sp³-hybridized carbons (Fsp3) is 0.586. The first-order chi connectivity index (χ1) is 18.9. The van der Waals surface area contributed by atoms with Crippen LogP contribution in [0.1, 0.15) is 63.4 Å². The third-order valence-electron chi connectivity index (χ3n) is 7.88. The molecular formula is C29H39N3O7. The van der Waals surface area contributed by atoms with Gasteiger partial charge in [0.15, 0.2) is 0 Å². The highest BCUT2D eigenvalue weighted by Gasteiger charge is 2.38. The topological polar surface area (TPSA) is 134 Å². The molecule has 1 saturated heterocycles. The minimum absolute atomic E-state index is 0.0153. The molecule has 212 valence electrons. The molecule has 3 N–H and O–H groups in total. The van der Waals surface area contributed by atoms with Crippen LogP contribution < -0.4 is 10.6 Å². The van der Waals surface area contributed by atoms with Gasteiger partial charge < -0.3 is 30.1 Å². The van der Waals surface area contributed by atoms with E-state index in [0.717, 1.165) is 37.7 Å². The Morgan fingerprint density at radius 2 is 1.82 bits per heavy atom. The number of benzene rings is 1. The molecule has 0 aromatic heterocycles. The Hall–Kier alpha value is -3.40. The number of aliphatic hydroxyl groups excluding tert-OH is 1. The van der Waals surface area contributed by atoms with Crippen molar-refractivity contribution in [3.63, 3.8) is 0 Å². The molecule has 1 aromatic rings. The van der Waals surface area contributed by atoms with E-state index in [4.69, 9.17) is 9.47 Å².